The van der Waals surface area contributed by atoms with Crippen molar-refractivity contribution < 1.29 is 9.90 Å². The predicted octanol–water partition coefficient (Wildman–Crippen LogP) is 3.48. The van der Waals surface area contributed by atoms with Gasteiger partial charge in [0.25, 0.3) is 0 Å². The summed E-state index contributed by atoms with van der Waals surface area (Å²) in [4.78, 5) is 11.2. The van der Waals surface area contributed by atoms with Crippen LogP contribution in [0.3, 0.4) is 0 Å². The van der Waals surface area contributed by atoms with Crippen LogP contribution in [0.2, 0.25) is 5.02 Å². The Kier molecular flexibility index (Phi) is 3.90. The summed E-state index contributed by atoms with van der Waals surface area (Å²) in [6, 6.07) is 7.38. The highest BCUT2D eigenvalue weighted by molar-refractivity contribution is 6.30. The molecule has 19 heavy (non-hydrogen) atoms. The Morgan fingerprint density at radius 2 is 2.00 bits per heavy atom. The zero-order valence-corrected chi connectivity index (χ0v) is 11.5. The largest absolute Gasteiger partial charge is 0.476 e. The highest BCUT2D eigenvalue weighted by atomic mass is 35.5. The van der Waals surface area contributed by atoms with E-state index in [1.807, 2.05) is 26.0 Å². The van der Waals surface area contributed by atoms with Gasteiger partial charge in [-0.25, -0.2) is 4.79 Å². The lowest BCUT2D eigenvalue weighted by molar-refractivity contribution is 0.0689. The molecule has 0 aliphatic rings. The van der Waals surface area contributed by atoms with Gasteiger partial charge in [0.2, 0.25) is 0 Å². The van der Waals surface area contributed by atoms with Crippen LogP contribution in [0.15, 0.2) is 24.3 Å². The smallest absolute Gasteiger partial charge is 0.356 e. The summed E-state index contributed by atoms with van der Waals surface area (Å²) in [5.41, 5.74) is 2.71. The van der Waals surface area contributed by atoms with Gasteiger partial charge in [-0.2, -0.15) is 5.10 Å². The quantitative estimate of drug-likeness (QED) is 0.900. The van der Waals surface area contributed by atoms with Crippen LogP contribution in [0.25, 0.3) is 0 Å². The van der Waals surface area contributed by atoms with Gasteiger partial charge < -0.3 is 5.11 Å². The number of carboxylic acids is 1. The Hall–Kier alpha value is -1.81. The molecule has 0 fully saturated rings. The highest BCUT2D eigenvalue weighted by Gasteiger charge is 2.20. The van der Waals surface area contributed by atoms with Gasteiger partial charge in [-0.3, -0.25) is 5.10 Å². The van der Waals surface area contributed by atoms with E-state index in [9.17, 15) is 9.90 Å². The van der Waals surface area contributed by atoms with Crippen molar-refractivity contribution >= 4 is 17.6 Å². The molecule has 0 saturated carbocycles. The highest BCUT2D eigenvalue weighted by Crippen LogP contribution is 2.23. The Labute approximate surface area is 116 Å². The van der Waals surface area contributed by atoms with Gasteiger partial charge in [-0.05, 0) is 23.6 Å². The minimum Gasteiger partial charge on any atom is -0.476 e. The third-order valence-electron chi connectivity index (χ3n) is 2.97. The fourth-order valence-electron chi connectivity index (χ4n) is 2.02. The van der Waals surface area contributed by atoms with Crippen LogP contribution >= 0.6 is 11.6 Å². The molecular weight excluding hydrogens is 264 g/mol. The van der Waals surface area contributed by atoms with Crippen molar-refractivity contribution in [3.8, 4) is 0 Å². The van der Waals surface area contributed by atoms with E-state index in [-0.39, 0.29) is 11.6 Å². The van der Waals surface area contributed by atoms with Crippen LogP contribution in [-0.4, -0.2) is 21.3 Å². The molecule has 2 aromatic rings. The first kappa shape index (κ1) is 13.6. The molecule has 1 heterocycles. The van der Waals surface area contributed by atoms with Crippen molar-refractivity contribution in [2.45, 2.75) is 26.2 Å². The number of rotatable bonds is 4. The van der Waals surface area contributed by atoms with Gasteiger partial charge in [0.15, 0.2) is 5.69 Å². The minimum atomic E-state index is -1.01. The maximum Gasteiger partial charge on any atom is 0.356 e. The zero-order valence-electron chi connectivity index (χ0n) is 10.8. The molecule has 0 atom stereocenters. The van der Waals surface area contributed by atoms with E-state index in [0.717, 1.165) is 16.8 Å². The number of H-pyrrole nitrogens is 1. The minimum absolute atomic E-state index is 0.0960. The number of hydrogen-bond acceptors (Lipinski definition) is 2. The van der Waals surface area contributed by atoms with E-state index in [1.165, 1.54) is 0 Å². The van der Waals surface area contributed by atoms with Crippen LogP contribution < -0.4 is 0 Å². The number of nitrogens with zero attached hydrogens (tertiary/aromatic N) is 1. The van der Waals surface area contributed by atoms with Gasteiger partial charge in [0.1, 0.15) is 0 Å². The van der Waals surface area contributed by atoms with E-state index in [1.54, 1.807) is 12.1 Å². The lowest BCUT2D eigenvalue weighted by atomic mass is 9.97. The normalized spacial score (nSPS) is 10.9. The number of hydrogen-bond donors (Lipinski definition) is 2. The van der Waals surface area contributed by atoms with Crippen LogP contribution in [0.5, 0.6) is 0 Å². The van der Waals surface area contributed by atoms with Crippen molar-refractivity contribution in [2.75, 3.05) is 0 Å². The van der Waals surface area contributed by atoms with E-state index in [2.05, 4.69) is 10.2 Å². The lowest BCUT2D eigenvalue weighted by Crippen LogP contribution is -2.04. The molecule has 0 radical (unpaired) electrons. The molecule has 100 valence electrons. The molecular formula is C14H15ClN2O2. The van der Waals surface area contributed by atoms with E-state index >= 15 is 0 Å². The Morgan fingerprint density at radius 1 is 1.37 bits per heavy atom. The van der Waals surface area contributed by atoms with Crippen molar-refractivity contribution in [3.63, 3.8) is 0 Å². The maximum absolute atomic E-state index is 11.2. The Morgan fingerprint density at radius 3 is 2.53 bits per heavy atom. The molecule has 0 aliphatic heterocycles. The molecule has 0 saturated heterocycles. The first-order valence-electron chi connectivity index (χ1n) is 6.04. The summed E-state index contributed by atoms with van der Waals surface area (Å²) >= 11 is 5.84. The number of halogens is 1. The second-order valence-electron chi connectivity index (χ2n) is 4.73. The molecule has 0 unspecified atom stereocenters. The monoisotopic (exact) mass is 278 g/mol. The molecule has 5 heteroatoms. The predicted molar refractivity (Wildman–Crippen MR) is 73.9 cm³/mol. The molecule has 0 aliphatic carbocycles. The number of nitrogens with one attached hydrogen (secondary N) is 1. The Balaban J connectivity index is 2.39. The summed E-state index contributed by atoms with van der Waals surface area (Å²) in [5, 5.41) is 16.6. The third-order valence-corrected chi connectivity index (χ3v) is 3.23. The van der Waals surface area contributed by atoms with Crippen LogP contribution in [0.4, 0.5) is 0 Å². The summed E-state index contributed by atoms with van der Waals surface area (Å²) < 4.78 is 0. The molecule has 0 spiro atoms. The number of carbonyl (C=O) groups is 1. The summed E-state index contributed by atoms with van der Waals surface area (Å²) in [6.07, 6.45) is 0.531. The molecule has 1 aromatic carbocycles. The van der Waals surface area contributed by atoms with Gasteiger partial charge >= 0.3 is 5.97 Å². The average Bonchev–Trinajstić information content (AvgIpc) is 2.76. The van der Waals surface area contributed by atoms with Crippen LogP contribution in [0.1, 0.15) is 47.1 Å². The third kappa shape index (κ3) is 2.96. The summed E-state index contributed by atoms with van der Waals surface area (Å²) in [7, 11) is 0. The van der Waals surface area contributed by atoms with E-state index in [4.69, 9.17) is 11.6 Å². The van der Waals surface area contributed by atoms with Gasteiger partial charge in [-0.1, -0.05) is 37.6 Å². The lowest BCUT2D eigenvalue weighted by Gasteiger charge is -2.07. The zero-order chi connectivity index (χ0) is 14.0. The second kappa shape index (κ2) is 5.45. The Bertz CT molecular complexity index is 588. The van der Waals surface area contributed by atoms with Crippen molar-refractivity contribution in [1.29, 1.82) is 0 Å². The molecule has 0 amide bonds. The van der Waals surface area contributed by atoms with Gasteiger partial charge in [0.05, 0.1) is 0 Å². The van der Waals surface area contributed by atoms with Crippen LogP contribution in [0, 0.1) is 0 Å². The summed E-state index contributed by atoms with van der Waals surface area (Å²) in [6.45, 7) is 4.01. The number of benzene rings is 1. The van der Waals surface area contributed by atoms with Gasteiger partial charge in [-0.15, -0.1) is 0 Å². The standard InChI is InChI=1S/C14H15ClN2O2/c1-8(2)12-11(13(14(18)19)17-16-12)7-9-3-5-10(15)6-4-9/h3-6,8H,7H2,1-2H3,(H,16,17)(H,18,19). The average molecular weight is 279 g/mol. The first-order valence-corrected chi connectivity index (χ1v) is 6.41. The summed E-state index contributed by atoms with van der Waals surface area (Å²) in [5.74, 6) is -0.810. The molecule has 2 N–H and O–H groups in total. The van der Waals surface area contributed by atoms with Crippen molar-refractivity contribution in [3.05, 3.63) is 51.8 Å². The van der Waals surface area contributed by atoms with Crippen molar-refractivity contribution in [2.24, 2.45) is 0 Å². The van der Waals surface area contributed by atoms with Crippen molar-refractivity contribution in [1.82, 2.24) is 10.2 Å². The first-order chi connectivity index (χ1) is 8.99. The number of aromatic nitrogens is 2. The SMILES string of the molecule is CC(C)c1[nH]nc(C(=O)O)c1Cc1ccc(Cl)cc1. The molecule has 0 bridgehead atoms. The topological polar surface area (TPSA) is 66.0 Å². The van der Waals surface area contributed by atoms with Crippen LogP contribution in [-0.2, 0) is 6.42 Å². The van der Waals surface area contributed by atoms with Gasteiger partial charge in [0, 0.05) is 22.7 Å². The van der Waals surface area contributed by atoms with E-state index < -0.39 is 5.97 Å². The fraction of sp³-hybridized carbons (Fsp3) is 0.286. The molecule has 4 nitrogen and oxygen atoms in total. The van der Waals surface area contributed by atoms with E-state index in [0.29, 0.717) is 11.4 Å². The fourth-order valence-corrected chi connectivity index (χ4v) is 2.14. The number of carboxylic acid groups (broad SMARTS) is 1. The second-order valence-corrected chi connectivity index (χ2v) is 5.16. The number of aromatic amines is 1. The molecule has 2 rings (SSSR count). The number of aromatic carboxylic acids is 1. The maximum atomic E-state index is 11.2. The molecule has 1 aromatic heterocycles.